The molecular weight excluding hydrogens is 217 g/mol. The number of benzene rings is 1. The summed E-state index contributed by atoms with van der Waals surface area (Å²) in [6.45, 7) is 5.05. The molecule has 1 aromatic rings. The van der Waals surface area contributed by atoms with Gasteiger partial charge in [-0.2, -0.15) is 13.2 Å². The Morgan fingerprint density at radius 1 is 1.12 bits per heavy atom. The first-order valence-corrected chi connectivity index (χ1v) is 5.06. The minimum atomic E-state index is -4.37. The van der Waals surface area contributed by atoms with Crippen LogP contribution in [0.25, 0.3) is 0 Å². The molecule has 1 rings (SSSR count). The van der Waals surface area contributed by atoms with Crippen LogP contribution >= 0.6 is 0 Å². The summed E-state index contributed by atoms with van der Waals surface area (Å²) in [6, 6.07) is 4.82. The monoisotopic (exact) mass is 232 g/mol. The third-order valence-electron chi connectivity index (χ3n) is 2.90. The molecule has 0 saturated carbocycles. The van der Waals surface area contributed by atoms with E-state index in [2.05, 4.69) is 0 Å². The fourth-order valence-corrected chi connectivity index (χ4v) is 1.34. The molecule has 0 aromatic heterocycles. The Balaban J connectivity index is 3.18. The fourth-order valence-electron chi connectivity index (χ4n) is 1.34. The van der Waals surface area contributed by atoms with Crippen LogP contribution in [0.1, 0.15) is 31.9 Å². The van der Waals surface area contributed by atoms with Crippen molar-refractivity contribution in [1.29, 1.82) is 0 Å². The molecule has 0 saturated heterocycles. The Hall–Kier alpha value is -1.03. The standard InChI is InChI=1S/C12H15F3O/c1-8(2)11(3,16)9-5-4-6-10(7-9)12(13,14)15/h4-8,16H,1-3H3/t11-/m1/s1. The van der Waals surface area contributed by atoms with E-state index >= 15 is 0 Å². The predicted octanol–water partition coefficient (Wildman–Crippen LogP) is 3.57. The van der Waals surface area contributed by atoms with Gasteiger partial charge in [-0.1, -0.05) is 26.0 Å². The van der Waals surface area contributed by atoms with Gasteiger partial charge in [0.15, 0.2) is 0 Å². The zero-order valence-electron chi connectivity index (χ0n) is 9.47. The van der Waals surface area contributed by atoms with Crippen molar-refractivity contribution < 1.29 is 18.3 Å². The molecule has 4 heteroatoms. The molecular formula is C12H15F3O. The molecule has 1 N–H and O–H groups in total. The zero-order chi connectivity index (χ0) is 12.6. The highest BCUT2D eigenvalue weighted by Crippen LogP contribution is 2.34. The summed E-state index contributed by atoms with van der Waals surface area (Å²) in [6.07, 6.45) is -4.37. The fraction of sp³-hybridized carbons (Fsp3) is 0.500. The number of hydrogen-bond donors (Lipinski definition) is 1. The third-order valence-corrected chi connectivity index (χ3v) is 2.90. The minimum absolute atomic E-state index is 0.156. The van der Waals surface area contributed by atoms with Crippen LogP contribution in [0.4, 0.5) is 13.2 Å². The first-order valence-electron chi connectivity index (χ1n) is 5.06. The average molecular weight is 232 g/mol. The molecule has 0 heterocycles. The molecule has 0 aliphatic heterocycles. The Bertz CT molecular complexity index is 367. The maximum absolute atomic E-state index is 12.5. The molecule has 0 fully saturated rings. The third kappa shape index (κ3) is 2.55. The van der Waals surface area contributed by atoms with E-state index in [4.69, 9.17) is 0 Å². The summed E-state index contributed by atoms with van der Waals surface area (Å²) in [4.78, 5) is 0. The van der Waals surface area contributed by atoms with Gasteiger partial charge in [0.25, 0.3) is 0 Å². The van der Waals surface area contributed by atoms with Crippen molar-refractivity contribution in [3.8, 4) is 0 Å². The lowest BCUT2D eigenvalue weighted by atomic mass is 9.84. The van der Waals surface area contributed by atoms with Crippen molar-refractivity contribution in [3.63, 3.8) is 0 Å². The maximum atomic E-state index is 12.5. The van der Waals surface area contributed by atoms with Gasteiger partial charge in [-0.3, -0.25) is 0 Å². The molecule has 0 unspecified atom stereocenters. The summed E-state index contributed by atoms with van der Waals surface area (Å²) >= 11 is 0. The van der Waals surface area contributed by atoms with Crippen LogP contribution in [0, 0.1) is 5.92 Å². The van der Waals surface area contributed by atoms with Crippen LogP contribution in [0.3, 0.4) is 0 Å². The van der Waals surface area contributed by atoms with Crippen LogP contribution in [0.15, 0.2) is 24.3 Å². The highest BCUT2D eigenvalue weighted by atomic mass is 19.4. The predicted molar refractivity (Wildman–Crippen MR) is 55.9 cm³/mol. The zero-order valence-corrected chi connectivity index (χ0v) is 9.47. The Morgan fingerprint density at radius 2 is 1.62 bits per heavy atom. The van der Waals surface area contributed by atoms with Crippen molar-refractivity contribution in [2.24, 2.45) is 5.92 Å². The Kier molecular flexibility index (Phi) is 3.33. The first-order chi connectivity index (χ1) is 7.15. The SMILES string of the molecule is CC(C)[C@@](C)(O)c1cccc(C(F)(F)F)c1. The van der Waals surface area contributed by atoms with E-state index in [0.717, 1.165) is 12.1 Å². The second kappa shape index (κ2) is 4.09. The van der Waals surface area contributed by atoms with Gasteiger partial charge in [-0.05, 0) is 30.5 Å². The number of rotatable bonds is 2. The first kappa shape index (κ1) is 13.0. The molecule has 0 spiro atoms. The van der Waals surface area contributed by atoms with Gasteiger partial charge in [0.05, 0.1) is 11.2 Å². The summed E-state index contributed by atoms with van der Waals surface area (Å²) in [7, 11) is 0. The second-order valence-corrected chi connectivity index (χ2v) is 4.38. The van der Waals surface area contributed by atoms with E-state index in [0.29, 0.717) is 0 Å². The van der Waals surface area contributed by atoms with Gasteiger partial charge in [-0.25, -0.2) is 0 Å². The molecule has 16 heavy (non-hydrogen) atoms. The van der Waals surface area contributed by atoms with Crippen molar-refractivity contribution in [2.45, 2.75) is 32.5 Å². The van der Waals surface area contributed by atoms with Crippen molar-refractivity contribution in [1.82, 2.24) is 0 Å². The molecule has 0 radical (unpaired) electrons. The van der Waals surface area contributed by atoms with Gasteiger partial charge in [-0.15, -0.1) is 0 Å². The lowest BCUT2D eigenvalue weighted by Gasteiger charge is -2.28. The molecule has 1 atom stereocenters. The van der Waals surface area contributed by atoms with Gasteiger partial charge in [0, 0.05) is 0 Å². The van der Waals surface area contributed by atoms with Gasteiger partial charge >= 0.3 is 6.18 Å². The Labute approximate surface area is 92.9 Å². The number of halogens is 3. The van der Waals surface area contributed by atoms with E-state index in [1.807, 2.05) is 0 Å². The lowest BCUT2D eigenvalue weighted by Crippen LogP contribution is -2.28. The van der Waals surface area contributed by atoms with Crippen LogP contribution in [0.5, 0.6) is 0 Å². The largest absolute Gasteiger partial charge is 0.416 e. The summed E-state index contributed by atoms with van der Waals surface area (Å²) in [5, 5.41) is 10.1. The minimum Gasteiger partial charge on any atom is -0.385 e. The molecule has 0 amide bonds. The van der Waals surface area contributed by atoms with E-state index in [9.17, 15) is 18.3 Å². The van der Waals surface area contributed by atoms with Crippen molar-refractivity contribution >= 4 is 0 Å². The van der Waals surface area contributed by atoms with Crippen LogP contribution in [0.2, 0.25) is 0 Å². The van der Waals surface area contributed by atoms with Crippen molar-refractivity contribution in [2.75, 3.05) is 0 Å². The topological polar surface area (TPSA) is 20.2 Å². The van der Waals surface area contributed by atoms with Crippen molar-refractivity contribution in [3.05, 3.63) is 35.4 Å². The molecule has 90 valence electrons. The number of alkyl halides is 3. The van der Waals surface area contributed by atoms with Crippen LogP contribution in [-0.2, 0) is 11.8 Å². The summed E-state index contributed by atoms with van der Waals surface area (Å²) in [5.41, 5.74) is -1.69. The summed E-state index contributed by atoms with van der Waals surface area (Å²) in [5.74, 6) is -0.156. The van der Waals surface area contributed by atoms with Crippen LogP contribution < -0.4 is 0 Å². The van der Waals surface area contributed by atoms with E-state index in [1.54, 1.807) is 13.8 Å². The maximum Gasteiger partial charge on any atom is 0.416 e. The molecule has 0 aliphatic carbocycles. The van der Waals surface area contributed by atoms with Crippen LogP contribution in [-0.4, -0.2) is 5.11 Å². The van der Waals surface area contributed by atoms with E-state index in [1.165, 1.54) is 19.1 Å². The highest BCUT2D eigenvalue weighted by Gasteiger charge is 2.33. The molecule has 0 aliphatic rings. The molecule has 0 bridgehead atoms. The molecule has 1 aromatic carbocycles. The smallest absolute Gasteiger partial charge is 0.385 e. The van der Waals surface area contributed by atoms with Gasteiger partial charge < -0.3 is 5.11 Å². The molecule has 1 nitrogen and oxygen atoms in total. The quantitative estimate of drug-likeness (QED) is 0.826. The van der Waals surface area contributed by atoms with E-state index < -0.39 is 17.3 Å². The highest BCUT2D eigenvalue weighted by molar-refractivity contribution is 5.29. The second-order valence-electron chi connectivity index (χ2n) is 4.38. The average Bonchev–Trinajstić information content (AvgIpc) is 2.16. The van der Waals surface area contributed by atoms with Gasteiger partial charge in [0.2, 0.25) is 0 Å². The lowest BCUT2D eigenvalue weighted by molar-refractivity contribution is -0.137. The number of hydrogen-bond acceptors (Lipinski definition) is 1. The van der Waals surface area contributed by atoms with E-state index in [-0.39, 0.29) is 11.5 Å². The normalized spacial score (nSPS) is 16.2. The Morgan fingerprint density at radius 3 is 2.06 bits per heavy atom. The van der Waals surface area contributed by atoms with Gasteiger partial charge in [0.1, 0.15) is 0 Å². The number of aliphatic hydroxyl groups is 1. The summed E-state index contributed by atoms with van der Waals surface area (Å²) < 4.78 is 37.4.